The van der Waals surface area contributed by atoms with Gasteiger partial charge in [0.05, 0.1) is 7.11 Å². The lowest BCUT2D eigenvalue weighted by Gasteiger charge is -2.26. The van der Waals surface area contributed by atoms with Crippen molar-refractivity contribution < 1.29 is 18.0 Å². The molecule has 1 aromatic heterocycles. The van der Waals surface area contributed by atoms with Crippen LogP contribution in [0.3, 0.4) is 0 Å². The van der Waals surface area contributed by atoms with Crippen LogP contribution in [0.5, 0.6) is 0 Å². The van der Waals surface area contributed by atoms with Crippen molar-refractivity contribution in [1.29, 1.82) is 0 Å². The molecule has 176 valence electrons. The molecule has 1 heterocycles. The Kier molecular flexibility index (Phi) is 7.36. The summed E-state index contributed by atoms with van der Waals surface area (Å²) in [6.07, 6.45) is 2.66. The van der Waals surface area contributed by atoms with Crippen LogP contribution in [-0.2, 0) is 32.6 Å². The first kappa shape index (κ1) is 24.6. The Morgan fingerprint density at radius 1 is 1.09 bits per heavy atom. The maximum absolute atomic E-state index is 13.0. The second-order valence-electron chi connectivity index (χ2n) is 8.17. The number of carbonyl (C=O) groups is 1. The van der Waals surface area contributed by atoms with E-state index in [9.17, 15) is 18.0 Å². The van der Waals surface area contributed by atoms with Crippen LogP contribution in [-0.4, -0.2) is 44.1 Å². The molecule has 0 fully saturated rings. The number of pyridine rings is 1. The van der Waals surface area contributed by atoms with E-state index < -0.39 is 20.5 Å². The number of carbonyl (C=O) groups excluding carboxylic acids is 1. The topological polar surface area (TPSA) is 106 Å². The molecule has 0 aliphatic heterocycles. The molecule has 0 unspecified atom stereocenters. The fourth-order valence-electron chi connectivity index (χ4n) is 3.68. The van der Waals surface area contributed by atoms with Gasteiger partial charge in [-0.1, -0.05) is 30.3 Å². The molecule has 0 saturated heterocycles. The van der Waals surface area contributed by atoms with Gasteiger partial charge in [0.2, 0.25) is 5.91 Å². The smallest absolute Gasteiger partial charge is 0.258 e. The van der Waals surface area contributed by atoms with Crippen molar-refractivity contribution in [3.63, 3.8) is 0 Å². The van der Waals surface area contributed by atoms with Crippen LogP contribution in [0.25, 0.3) is 21.9 Å². The van der Waals surface area contributed by atoms with E-state index in [1.807, 2.05) is 42.5 Å². The Balaban J connectivity index is 1.87. The van der Waals surface area contributed by atoms with Crippen molar-refractivity contribution in [1.82, 2.24) is 15.4 Å². The number of nitrogens with zero attached hydrogens (tertiary/aromatic N) is 1. The van der Waals surface area contributed by atoms with Crippen molar-refractivity contribution in [3.05, 3.63) is 70.6 Å². The maximum Gasteiger partial charge on any atom is 0.258 e. The summed E-state index contributed by atoms with van der Waals surface area (Å²) in [5, 5.41) is 3.73. The Bertz CT molecular complexity index is 1320. The van der Waals surface area contributed by atoms with Crippen LogP contribution in [0, 0.1) is 0 Å². The van der Waals surface area contributed by atoms with Crippen LogP contribution in [0.4, 0.5) is 0 Å². The predicted octanol–water partition coefficient (Wildman–Crippen LogP) is 2.26. The van der Waals surface area contributed by atoms with Gasteiger partial charge in [-0.25, -0.2) is 8.42 Å². The molecule has 33 heavy (non-hydrogen) atoms. The highest BCUT2D eigenvalue weighted by Gasteiger charge is 2.42. The van der Waals surface area contributed by atoms with E-state index in [4.69, 9.17) is 4.84 Å². The number of benzene rings is 2. The minimum atomic E-state index is -3.68. The number of nitrogens with one attached hydrogen (secondary N) is 2. The van der Waals surface area contributed by atoms with Crippen molar-refractivity contribution in [2.45, 2.75) is 31.2 Å². The molecule has 0 spiro atoms. The molecule has 2 N–H and O–H groups in total. The summed E-state index contributed by atoms with van der Waals surface area (Å²) in [5.41, 5.74) is 5.67. The summed E-state index contributed by atoms with van der Waals surface area (Å²) < 4.78 is 24.3. The molecule has 1 amide bonds. The average Bonchev–Trinajstić information content (AvgIpc) is 2.81. The molecule has 0 aliphatic rings. The molecule has 0 radical (unpaired) electrons. The number of hydroxylamine groups is 1. The van der Waals surface area contributed by atoms with E-state index in [1.165, 1.54) is 18.5 Å². The van der Waals surface area contributed by atoms with Crippen LogP contribution in [0.15, 0.2) is 59.5 Å². The molecule has 8 nitrogen and oxygen atoms in total. The van der Waals surface area contributed by atoms with Gasteiger partial charge < -0.3 is 14.7 Å². The molecule has 9 heteroatoms. The number of aryl methyl sites for hydroxylation is 1. The van der Waals surface area contributed by atoms with E-state index in [1.54, 1.807) is 19.4 Å². The number of aromatic nitrogens is 1. The number of hydrogen-bond donors (Lipinski definition) is 2. The quantitative estimate of drug-likeness (QED) is 0.464. The van der Waals surface area contributed by atoms with E-state index >= 15 is 0 Å². The second-order valence-corrected chi connectivity index (χ2v) is 10.6. The highest BCUT2D eigenvalue weighted by Crippen LogP contribution is 2.25. The predicted molar refractivity (Wildman–Crippen MR) is 129 cm³/mol. The highest BCUT2D eigenvalue weighted by atomic mass is 32.2. The summed E-state index contributed by atoms with van der Waals surface area (Å²) in [7, 11) is -0.713. The Morgan fingerprint density at radius 2 is 1.76 bits per heavy atom. The number of fused-ring (bicyclic) bond motifs is 1. The van der Waals surface area contributed by atoms with Gasteiger partial charge in [-0.05, 0) is 53.6 Å². The van der Waals surface area contributed by atoms with Crippen molar-refractivity contribution in [3.8, 4) is 11.1 Å². The summed E-state index contributed by atoms with van der Waals surface area (Å²) in [6.45, 7) is 2.09. The van der Waals surface area contributed by atoms with Crippen LogP contribution < -0.4 is 16.4 Å². The normalized spacial score (nSPS) is 13.6. The first-order chi connectivity index (χ1) is 15.6. The molecule has 1 atom stereocenters. The zero-order valence-electron chi connectivity index (χ0n) is 19.2. The zero-order valence-corrected chi connectivity index (χ0v) is 20.0. The third-order valence-corrected chi connectivity index (χ3v) is 8.07. The third kappa shape index (κ3) is 5.16. The van der Waals surface area contributed by atoms with E-state index in [2.05, 4.69) is 10.8 Å². The van der Waals surface area contributed by atoms with Crippen molar-refractivity contribution in [2.75, 3.05) is 20.4 Å². The monoisotopic (exact) mass is 471 g/mol. The lowest BCUT2D eigenvalue weighted by Crippen LogP contribution is -2.49. The molecule has 0 bridgehead atoms. The molecular weight excluding hydrogens is 442 g/mol. The van der Waals surface area contributed by atoms with E-state index in [0.29, 0.717) is 11.9 Å². The Labute approximate surface area is 193 Å². The van der Waals surface area contributed by atoms with Gasteiger partial charge in [0.25, 0.3) is 5.56 Å². The lowest BCUT2D eigenvalue weighted by molar-refractivity contribution is -0.123. The van der Waals surface area contributed by atoms with Crippen molar-refractivity contribution in [2.24, 2.45) is 0 Å². The highest BCUT2D eigenvalue weighted by molar-refractivity contribution is 7.92. The largest absolute Gasteiger partial charge is 0.358 e. The first-order valence-electron chi connectivity index (χ1n) is 10.5. The third-order valence-electron chi connectivity index (χ3n) is 6.04. The summed E-state index contributed by atoms with van der Waals surface area (Å²) in [5.74, 6) is -0.590. The number of hydrogen-bond acceptors (Lipinski definition) is 6. The number of rotatable bonds is 9. The van der Waals surface area contributed by atoms with Gasteiger partial charge in [0.15, 0.2) is 9.84 Å². The number of sulfone groups is 1. The van der Waals surface area contributed by atoms with Crippen LogP contribution in [0.2, 0.25) is 0 Å². The first-order valence-corrected chi connectivity index (χ1v) is 12.4. The molecule has 2 aromatic carbocycles. The standard InChI is InChI=1S/C24H29N3O5S/c1-24(23(29)25-2,33(4,30)31)12-14-27-13-11-20-15-19(9-10-21(20)22(27)28)18-7-5-17(6-8-18)16-26-32-3/h5-11,13,15,26H,12,14,16H2,1-4H3,(H,25,29)/t24-/m1/s1. The Morgan fingerprint density at radius 3 is 2.36 bits per heavy atom. The number of amides is 1. The maximum atomic E-state index is 13.0. The molecule has 3 rings (SSSR count). The van der Waals surface area contributed by atoms with Gasteiger partial charge in [-0.15, -0.1) is 0 Å². The summed E-state index contributed by atoms with van der Waals surface area (Å²) >= 11 is 0. The van der Waals surface area contributed by atoms with Gasteiger partial charge >= 0.3 is 0 Å². The van der Waals surface area contributed by atoms with Crippen LogP contribution >= 0.6 is 0 Å². The van der Waals surface area contributed by atoms with Crippen LogP contribution in [0.1, 0.15) is 18.9 Å². The molecule has 3 aromatic rings. The summed E-state index contributed by atoms with van der Waals surface area (Å²) in [6, 6.07) is 15.5. The molecular formula is C24H29N3O5S. The van der Waals surface area contributed by atoms with Gasteiger partial charge in [-0.2, -0.15) is 5.48 Å². The van der Waals surface area contributed by atoms with Crippen molar-refractivity contribution >= 4 is 26.5 Å². The fourth-order valence-corrected chi connectivity index (χ4v) is 4.58. The average molecular weight is 472 g/mol. The van der Waals surface area contributed by atoms with Gasteiger partial charge in [-0.3, -0.25) is 9.59 Å². The lowest BCUT2D eigenvalue weighted by atomic mass is 10.0. The minimum Gasteiger partial charge on any atom is -0.358 e. The van der Waals surface area contributed by atoms with E-state index in [0.717, 1.165) is 28.3 Å². The Hall–Kier alpha value is -3.01. The van der Waals surface area contributed by atoms with E-state index in [-0.39, 0.29) is 18.5 Å². The molecule has 0 aliphatic carbocycles. The molecule has 0 saturated carbocycles. The SMILES string of the molecule is CNC(=O)[C@@](C)(CCn1ccc2cc(-c3ccc(CNOC)cc3)ccc2c1=O)S(C)(=O)=O. The second kappa shape index (κ2) is 9.86. The zero-order chi connectivity index (χ0) is 24.2. The van der Waals surface area contributed by atoms with Gasteiger partial charge in [0.1, 0.15) is 4.75 Å². The fraction of sp³-hybridized carbons (Fsp3) is 0.333. The summed E-state index contributed by atoms with van der Waals surface area (Å²) in [4.78, 5) is 30.1. The minimum absolute atomic E-state index is 0.0146. The van der Waals surface area contributed by atoms with Gasteiger partial charge in [0, 0.05) is 38.0 Å².